The zero-order valence-corrected chi connectivity index (χ0v) is 9.45. The van der Waals surface area contributed by atoms with Gasteiger partial charge in [-0.25, -0.2) is 0 Å². The Balaban J connectivity index is 2.74. The summed E-state index contributed by atoms with van der Waals surface area (Å²) in [5.74, 6) is 0.0486. The highest BCUT2D eigenvalue weighted by Crippen LogP contribution is 2.04. The maximum atomic E-state index is 11.6. The van der Waals surface area contributed by atoms with Gasteiger partial charge in [0, 0.05) is 5.56 Å². The van der Waals surface area contributed by atoms with Crippen molar-refractivity contribution in [2.45, 2.75) is 20.8 Å². The van der Waals surface area contributed by atoms with Crippen molar-refractivity contribution in [2.75, 3.05) is 0 Å². The highest BCUT2D eigenvalue weighted by molar-refractivity contribution is 6.04. The highest BCUT2D eigenvalue weighted by atomic mass is 16.1. The van der Waals surface area contributed by atoms with Crippen LogP contribution in [0.1, 0.15) is 29.8 Å². The Bertz CT molecular complexity index is 390. The van der Waals surface area contributed by atoms with Crippen molar-refractivity contribution in [1.82, 2.24) is 0 Å². The molecule has 0 heterocycles. The number of allylic oxidation sites excluding steroid dienone is 4. The number of carbonyl (C=O) groups is 1. The van der Waals surface area contributed by atoms with Gasteiger partial charge in [-0.1, -0.05) is 47.6 Å². The molecule has 0 atom stereocenters. The van der Waals surface area contributed by atoms with Crippen molar-refractivity contribution in [3.8, 4) is 0 Å². The largest absolute Gasteiger partial charge is 0.289 e. The molecule has 0 radical (unpaired) electrons. The first-order chi connectivity index (χ1) is 7.09. The number of ketones is 1. The second kappa shape index (κ2) is 5.30. The monoisotopic (exact) mass is 200 g/mol. The number of aryl methyl sites for hydroxylation is 1. The molecule has 0 unspecified atom stereocenters. The second-order valence-electron chi connectivity index (χ2n) is 3.83. The van der Waals surface area contributed by atoms with Crippen LogP contribution in [0.3, 0.4) is 0 Å². The van der Waals surface area contributed by atoms with E-state index >= 15 is 0 Å². The van der Waals surface area contributed by atoms with E-state index in [9.17, 15) is 4.79 Å². The molecule has 1 heteroatoms. The van der Waals surface area contributed by atoms with Gasteiger partial charge in [-0.2, -0.15) is 0 Å². The minimum Gasteiger partial charge on any atom is -0.289 e. The van der Waals surface area contributed by atoms with E-state index in [1.54, 1.807) is 12.2 Å². The zero-order chi connectivity index (χ0) is 11.3. The van der Waals surface area contributed by atoms with Crippen molar-refractivity contribution < 1.29 is 4.79 Å². The molecule has 0 fully saturated rings. The fourth-order valence-corrected chi connectivity index (χ4v) is 1.14. The molecule has 1 nitrogen and oxygen atoms in total. The first-order valence-corrected chi connectivity index (χ1v) is 5.02. The Morgan fingerprint density at radius 1 is 1.13 bits per heavy atom. The molecule has 1 aromatic rings. The van der Waals surface area contributed by atoms with Crippen LogP contribution in [0, 0.1) is 6.92 Å². The summed E-state index contributed by atoms with van der Waals surface area (Å²) in [6.45, 7) is 6.01. The van der Waals surface area contributed by atoms with Gasteiger partial charge >= 0.3 is 0 Å². The smallest absolute Gasteiger partial charge is 0.185 e. The van der Waals surface area contributed by atoms with Crippen molar-refractivity contribution >= 4 is 5.78 Å². The average Bonchev–Trinajstić information content (AvgIpc) is 2.18. The topological polar surface area (TPSA) is 17.1 Å². The third-order valence-corrected chi connectivity index (χ3v) is 2.01. The molecule has 0 saturated carbocycles. The second-order valence-corrected chi connectivity index (χ2v) is 3.83. The van der Waals surface area contributed by atoms with Crippen LogP contribution in [0.5, 0.6) is 0 Å². The van der Waals surface area contributed by atoms with E-state index in [2.05, 4.69) is 0 Å². The van der Waals surface area contributed by atoms with Crippen LogP contribution in [-0.2, 0) is 0 Å². The summed E-state index contributed by atoms with van der Waals surface area (Å²) in [5.41, 5.74) is 3.08. The molecular formula is C14H16O. The summed E-state index contributed by atoms with van der Waals surface area (Å²) in [5, 5.41) is 0. The lowest BCUT2D eigenvalue weighted by atomic mass is 10.1. The molecule has 78 valence electrons. The molecule has 0 amide bonds. The lowest BCUT2D eigenvalue weighted by molar-refractivity contribution is 0.104. The molecule has 0 saturated heterocycles. The third kappa shape index (κ3) is 3.94. The zero-order valence-electron chi connectivity index (χ0n) is 9.45. The lowest BCUT2D eigenvalue weighted by Crippen LogP contribution is -1.93. The van der Waals surface area contributed by atoms with Gasteiger partial charge in [0.05, 0.1) is 0 Å². The maximum Gasteiger partial charge on any atom is 0.185 e. The van der Waals surface area contributed by atoms with Gasteiger partial charge < -0.3 is 0 Å². The Kier molecular flexibility index (Phi) is 4.04. The van der Waals surface area contributed by atoms with Crippen molar-refractivity contribution in [2.24, 2.45) is 0 Å². The van der Waals surface area contributed by atoms with Crippen LogP contribution in [0.2, 0.25) is 0 Å². The van der Waals surface area contributed by atoms with Gasteiger partial charge in [-0.05, 0) is 26.8 Å². The van der Waals surface area contributed by atoms with Crippen LogP contribution < -0.4 is 0 Å². The van der Waals surface area contributed by atoms with Crippen LogP contribution in [0.4, 0.5) is 0 Å². The minimum atomic E-state index is 0.0486. The molecule has 1 aromatic carbocycles. The van der Waals surface area contributed by atoms with Gasteiger partial charge in [0.2, 0.25) is 0 Å². The van der Waals surface area contributed by atoms with Gasteiger partial charge in [0.1, 0.15) is 0 Å². The van der Waals surface area contributed by atoms with Crippen LogP contribution in [0.15, 0.2) is 48.1 Å². The SMILES string of the molecule is CC(C)=CC=CC(=O)c1ccc(C)cc1. The van der Waals surface area contributed by atoms with E-state index in [0.29, 0.717) is 0 Å². The number of benzene rings is 1. The molecule has 15 heavy (non-hydrogen) atoms. The first kappa shape index (κ1) is 11.4. The molecule has 0 spiro atoms. The molecule has 0 N–H and O–H groups in total. The predicted molar refractivity (Wildman–Crippen MR) is 64.1 cm³/mol. The summed E-state index contributed by atoms with van der Waals surface area (Å²) >= 11 is 0. The Labute approximate surface area is 91.1 Å². The molecule has 0 bridgehead atoms. The quantitative estimate of drug-likeness (QED) is 0.413. The number of hydrogen-bond acceptors (Lipinski definition) is 1. The molecule has 1 rings (SSSR count). The van der Waals surface area contributed by atoms with Crippen molar-refractivity contribution in [3.05, 3.63) is 59.2 Å². The molecular weight excluding hydrogens is 184 g/mol. The van der Waals surface area contributed by atoms with Gasteiger partial charge in [0.15, 0.2) is 5.78 Å². The fourth-order valence-electron chi connectivity index (χ4n) is 1.14. The molecule has 0 aliphatic heterocycles. The van der Waals surface area contributed by atoms with E-state index < -0.39 is 0 Å². The summed E-state index contributed by atoms with van der Waals surface area (Å²) < 4.78 is 0. The highest BCUT2D eigenvalue weighted by Gasteiger charge is 1.99. The summed E-state index contributed by atoms with van der Waals surface area (Å²) in [7, 11) is 0. The molecule has 0 aromatic heterocycles. The average molecular weight is 200 g/mol. The lowest BCUT2D eigenvalue weighted by Gasteiger charge is -1.95. The van der Waals surface area contributed by atoms with Gasteiger partial charge in [-0.3, -0.25) is 4.79 Å². The summed E-state index contributed by atoms with van der Waals surface area (Å²) in [4.78, 5) is 11.6. The van der Waals surface area contributed by atoms with E-state index in [4.69, 9.17) is 0 Å². The van der Waals surface area contributed by atoms with Crippen molar-refractivity contribution in [3.63, 3.8) is 0 Å². The van der Waals surface area contributed by atoms with Crippen LogP contribution >= 0.6 is 0 Å². The van der Waals surface area contributed by atoms with E-state index in [1.807, 2.05) is 51.1 Å². The van der Waals surface area contributed by atoms with Crippen LogP contribution in [0.25, 0.3) is 0 Å². The summed E-state index contributed by atoms with van der Waals surface area (Å²) in [6.07, 6.45) is 5.31. The fraction of sp³-hybridized carbons (Fsp3) is 0.214. The summed E-state index contributed by atoms with van der Waals surface area (Å²) in [6, 6.07) is 7.60. The first-order valence-electron chi connectivity index (χ1n) is 5.02. The van der Waals surface area contributed by atoms with Gasteiger partial charge in [0.25, 0.3) is 0 Å². The Morgan fingerprint density at radius 2 is 1.73 bits per heavy atom. The normalized spacial score (nSPS) is 10.3. The molecule has 0 aliphatic carbocycles. The van der Waals surface area contributed by atoms with Crippen molar-refractivity contribution in [1.29, 1.82) is 0 Å². The minimum absolute atomic E-state index is 0.0486. The van der Waals surface area contributed by atoms with E-state index in [0.717, 1.165) is 5.56 Å². The Hall–Kier alpha value is -1.63. The standard InChI is InChI=1S/C14H16O/c1-11(2)5-4-6-14(15)13-9-7-12(3)8-10-13/h4-10H,1-3H3. The predicted octanol–water partition coefficient (Wildman–Crippen LogP) is 3.70. The Morgan fingerprint density at radius 3 is 2.27 bits per heavy atom. The number of carbonyl (C=O) groups excluding carboxylic acids is 1. The number of rotatable bonds is 3. The maximum absolute atomic E-state index is 11.6. The number of hydrogen-bond donors (Lipinski definition) is 0. The van der Waals surface area contributed by atoms with Gasteiger partial charge in [-0.15, -0.1) is 0 Å². The third-order valence-electron chi connectivity index (χ3n) is 2.01. The van der Waals surface area contributed by atoms with Crippen LogP contribution in [-0.4, -0.2) is 5.78 Å². The molecule has 0 aliphatic rings. The van der Waals surface area contributed by atoms with E-state index in [-0.39, 0.29) is 5.78 Å². The van der Waals surface area contributed by atoms with E-state index in [1.165, 1.54) is 11.1 Å².